The molecule has 0 radical (unpaired) electrons. The van der Waals surface area contributed by atoms with Crippen LogP contribution in [0.25, 0.3) is 11.3 Å². The fourth-order valence-corrected chi connectivity index (χ4v) is 1.99. The van der Waals surface area contributed by atoms with Crippen molar-refractivity contribution in [2.24, 2.45) is 0 Å². The summed E-state index contributed by atoms with van der Waals surface area (Å²) < 4.78 is 18.6. The number of rotatable bonds is 2. The molecule has 5 heteroatoms. The van der Waals surface area contributed by atoms with Gasteiger partial charge >= 0.3 is 0 Å². The molecule has 0 aliphatic rings. The number of benzene rings is 1. The maximum Gasteiger partial charge on any atom is 0.147 e. The van der Waals surface area contributed by atoms with E-state index in [0.29, 0.717) is 22.6 Å². The number of aryl methyl sites for hydroxylation is 1. The number of hydrogen-bond acceptors (Lipinski definition) is 3. The standard InChI is InChI=1S/C14H10ClFN2O/c1-8-5-9(7-17)14(15)18-13(8)11-6-10(16)3-4-12(11)19-2/h3-6H,1-2H3. The zero-order valence-corrected chi connectivity index (χ0v) is 11.1. The molecule has 2 aromatic rings. The topological polar surface area (TPSA) is 45.9 Å². The van der Waals surface area contributed by atoms with E-state index in [-0.39, 0.29) is 5.15 Å². The van der Waals surface area contributed by atoms with E-state index in [1.165, 1.54) is 25.3 Å². The van der Waals surface area contributed by atoms with Crippen molar-refractivity contribution >= 4 is 11.6 Å². The van der Waals surface area contributed by atoms with Crippen LogP contribution in [0.2, 0.25) is 5.15 Å². The first-order valence-electron chi connectivity index (χ1n) is 5.48. The van der Waals surface area contributed by atoms with Crippen LogP contribution in [0.4, 0.5) is 4.39 Å². The first-order chi connectivity index (χ1) is 9.06. The van der Waals surface area contributed by atoms with Gasteiger partial charge in [-0.25, -0.2) is 9.37 Å². The lowest BCUT2D eigenvalue weighted by Crippen LogP contribution is -1.96. The van der Waals surface area contributed by atoms with Gasteiger partial charge in [0.2, 0.25) is 0 Å². The number of hydrogen-bond donors (Lipinski definition) is 0. The van der Waals surface area contributed by atoms with Crippen molar-refractivity contribution < 1.29 is 9.13 Å². The third-order valence-corrected chi connectivity index (χ3v) is 2.99. The van der Waals surface area contributed by atoms with Crippen molar-refractivity contribution in [2.45, 2.75) is 6.92 Å². The van der Waals surface area contributed by atoms with E-state index in [0.717, 1.165) is 5.56 Å². The molecule has 19 heavy (non-hydrogen) atoms. The monoisotopic (exact) mass is 276 g/mol. The third-order valence-electron chi connectivity index (χ3n) is 2.70. The normalized spacial score (nSPS) is 10.1. The SMILES string of the molecule is COc1ccc(F)cc1-c1nc(Cl)c(C#N)cc1C. The average molecular weight is 277 g/mol. The van der Waals surface area contributed by atoms with E-state index >= 15 is 0 Å². The van der Waals surface area contributed by atoms with Crippen molar-refractivity contribution in [2.75, 3.05) is 7.11 Å². The average Bonchev–Trinajstić information content (AvgIpc) is 2.40. The van der Waals surface area contributed by atoms with Crippen LogP contribution in [0.5, 0.6) is 5.75 Å². The van der Waals surface area contributed by atoms with Gasteiger partial charge in [0.1, 0.15) is 22.8 Å². The van der Waals surface area contributed by atoms with E-state index in [9.17, 15) is 4.39 Å². The molecule has 1 aromatic heterocycles. The Kier molecular flexibility index (Phi) is 3.68. The molecule has 0 amide bonds. The Morgan fingerprint density at radius 2 is 2.11 bits per heavy atom. The molecule has 0 aliphatic heterocycles. The third kappa shape index (κ3) is 2.51. The van der Waals surface area contributed by atoms with Crippen molar-refractivity contribution in [3.8, 4) is 23.1 Å². The van der Waals surface area contributed by atoms with Crippen LogP contribution >= 0.6 is 11.6 Å². The minimum absolute atomic E-state index is 0.0921. The summed E-state index contributed by atoms with van der Waals surface area (Å²) in [6, 6.07) is 7.74. The first kappa shape index (κ1) is 13.3. The van der Waals surface area contributed by atoms with Crippen LogP contribution in [0.15, 0.2) is 24.3 Å². The van der Waals surface area contributed by atoms with Crippen molar-refractivity contribution in [1.82, 2.24) is 4.98 Å². The molecule has 0 saturated carbocycles. The Bertz CT molecular complexity index is 680. The highest BCUT2D eigenvalue weighted by molar-refractivity contribution is 6.30. The summed E-state index contributed by atoms with van der Waals surface area (Å²) in [5.41, 5.74) is 2.02. The summed E-state index contributed by atoms with van der Waals surface area (Å²) in [5.74, 6) is 0.107. The molecule has 0 aliphatic carbocycles. The molecule has 3 nitrogen and oxygen atoms in total. The Hall–Kier alpha value is -2.12. The number of methoxy groups -OCH3 is 1. The van der Waals surface area contributed by atoms with Crippen LogP contribution < -0.4 is 4.74 Å². The van der Waals surface area contributed by atoms with Gasteiger partial charge in [-0.2, -0.15) is 5.26 Å². The van der Waals surface area contributed by atoms with E-state index in [2.05, 4.69) is 4.98 Å². The molecule has 1 aromatic carbocycles. The molecule has 0 atom stereocenters. The lowest BCUT2D eigenvalue weighted by Gasteiger charge is -2.11. The Labute approximate surface area is 115 Å². The molecule has 0 unspecified atom stereocenters. The molecular weight excluding hydrogens is 267 g/mol. The second kappa shape index (κ2) is 5.25. The highest BCUT2D eigenvalue weighted by Crippen LogP contribution is 2.33. The highest BCUT2D eigenvalue weighted by Gasteiger charge is 2.14. The fraction of sp³-hybridized carbons (Fsp3) is 0.143. The van der Waals surface area contributed by atoms with E-state index < -0.39 is 5.82 Å². The van der Waals surface area contributed by atoms with Crippen LogP contribution in [-0.4, -0.2) is 12.1 Å². The molecule has 2 rings (SSSR count). The van der Waals surface area contributed by atoms with Crippen LogP contribution in [0.3, 0.4) is 0 Å². The number of halogens is 2. The number of nitriles is 1. The summed E-state index contributed by atoms with van der Waals surface area (Å²) in [7, 11) is 1.50. The van der Waals surface area contributed by atoms with Gasteiger partial charge in [0, 0.05) is 5.56 Å². The summed E-state index contributed by atoms with van der Waals surface area (Å²) in [4.78, 5) is 4.16. The Balaban J connectivity index is 2.69. The maximum absolute atomic E-state index is 13.4. The molecule has 0 fully saturated rings. The molecule has 0 spiro atoms. The lowest BCUT2D eigenvalue weighted by molar-refractivity contribution is 0.415. The van der Waals surface area contributed by atoms with Gasteiger partial charge in [0.25, 0.3) is 0 Å². The van der Waals surface area contributed by atoms with Gasteiger partial charge in [-0.1, -0.05) is 11.6 Å². The smallest absolute Gasteiger partial charge is 0.147 e. The Morgan fingerprint density at radius 3 is 2.74 bits per heavy atom. The lowest BCUT2D eigenvalue weighted by atomic mass is 10.0. The van der Waals surface area contributed by atoms with Crippen LogP contribution in [0, 0.1) is 24.1 Å². The zero-order valence-electron chi connectivity index (χ0n) is 10.4. The molecule has 0 saturated heterocycles. The maximum atomic E-state index is 13.4. The van der Waals surface area contributed by atoms with Gasteiger partial charge in [0.15, 0.2) is 0 Å². The van der Waals surface area contributed by atoms with E-state index in [1.807, 2.05) is 6.07 Å². The second-order valence-corrected chi connectivity index (χ2v) is 4.31. The van der Waals surface area contributed by atoms with E-state index in [4.69, 9.17) is 21.6 Å². The second-order valence-electron chi connectivity index (χ2n) is 3.95. The molecule has 1 heterocycles. The van der Waals surface area contributed by atoms with Gasteiger partial charge in [-0.15, -0.1) is 0 Å². The Morgan fingerprint density at radius 1 is 1.37 bits per heavy atom. The zero-order chi connectivity index (χ0) is 14.0. The van der Waals surface area contributed by atoms with Crippen molar-refractivity contribution in [3.05, 3.63) is 46.4 Å². The summed E-state index contributed by atoms with van der Waals surface area (Å²) in [6.45, 7) is 1.78. The van der Waals surface area contributed by atoms with Gasteiger partial charge in [-0.05, 0) is 36.8 Å². The van der Waals surface area contributed by atoms with Crippen LogP contribution in [0.1, 0.15) is 11.1 Å². The minimum Gasteiger partial charge on any atom is -0.496 e. The van der Waals surface area contributed by atoms with Gasteiger partial charge in [0.05, 0.1) is 18.4 Å². The summed E-state index contributed by atoms with van der Waals surface area (Å²) >= 11 is 5.92. The largest absolute Gasteiger partial charge is 0.496 e. The van der Waals surface area contributed by atoms with Crippen molar-refractivity contribution in [1.29, 1.82) is 5.26 Å². The quantitative estimate of drug-likeness (QED) is 0.785. The predicted molar refractivity (Wildman–Crippen MR) is 70.6 cm³/mol. The molecular formula is C14H10ClFN2O. The number of aromatic nitrogens is 1. The number of pyridine rings is 1. The van der Waals surface area contributed by atoms with Gasteiger partial charge < -0.3 is 4.74 Å². The number of ether oxygens (including phenoxy) is 1. The summed E-state index contributed by atoms with van der Waals surface area (Å²) in [5, 5.41) is 8.98. The molecule has 0 bridgehead atoms. The van der Waals surface area contributed by atoms with Crippen molar-refractivity contribution in [3.63, 3.8) is 0 Å². The highest BCUT2D eigenvalue weighted by atomic mass is 35.5. The molecule has 96 valence electrons. The fourth-order valence-electron chi connectivity index (χ4n) is 1.81. The molecule has 0 N–H and O–H groups in total. The van der Waals surface area contributed by atoms with Gasteiger partial charge in [-0.3, -0.25) is 0 Å². The summed E-state index contributed by atoms with van der Waals surface area (Å²) in [6.07, 6.45) is 0. The number of nitrogens with zero attached hydrogens (tertiary/aromatic N) is 2. The van der Waals surface area contributed by atoms with Crippen LogP contribution in [-0.2, 0) is 0 Å². The van der Waals surface area contributed by atoms with E-state index in [1.54, 1.807) is 13.0 Å². The predicted octanol–water partition coefficient (Wildman–Crippen LogP) is 3.73. The minimum atomic E-state index is -0.391. The first-order valence-corrected chi connectivity index (χ1v) is 5.85.